The fraction of sp³-hybridized carbons (Fsp3) is 1.00. The van der Waals surface area contributed by atoms with Gasteiger partial charge in [0.1, 0.15) is 6.61 Å². The van der Waals surface area contributed by atoms with Crippen LogP contribution in [0.3, 0.4) is 0 Å². The maximum absolute atomic E-state index is 11.3. The topological polar surface area (TPSA) is 40.5 Å². The van der Waals surface area contributed by atoms with Gasteiger partial charge in [-0.25, -0.2) is 8.78 Å². The number of hydrogen-bond acceptors (Lipinski definition) is 2. The monoisotopic (exact) mass is 206 g/mol. The summed E-state index contributed by atoms with van der Waals surface area (Å²) in [7, 11) is 0. The van der Waals surface area contributed by atoms with Crippen molar-refractivity contribution in [2.75, 3.05) is 13.2 Å². The molecule has 0 fully saturated rings. The lowest BCUT2D eigenvalue weighted by atomic mass is 10.4. The van der Waals surface area contributed by atoms with Crippen LogP contribution in [-0.2, 0) is 0 Å². The molecule has 0 rings (SSSR count). The molecule has 0 unspecified atom stereocenters. The smallest absolute Gasteiger partial charge is 0.329 e. The third kappa shape index (κ3) is 9.55. The Labute approximate surface area is 74.2 Å². The average molecular weight is 206 g/mol. The van der Waals surface area contributed by atoms with Gasteiger partial charge in [0.15, 0.2) is 0 Å². The number of aliphatic hydroxyl groups excluding tert-OH is 2. The molecule has 0 aliphatic rings. The molecule has 0 radical (unpaired) electrons. The first kappa shape index (κ1) is 15.1. The summed E-state index contributed by atoms with van der Waals surface area (Å²) in [6, 6.07) is 0. The van der Waals surface area contributed by atoms with E-state index in [0.29, 0.717) is 6.61 Å². The molecule has 0 amide bonds. The first-order chi connectivity index (χ1) is 5.92. The highest BCUT2D eigenvalue weighted by molar-refractivity contribution is 4.65. The minimum Gasteiger partial charge on any atom is -0.396 e. The number of alkyl halides is 4. The van der Waals surface area contributed by atoms with Crippen molar-refractivity contribution in [3.8, 4) is 0 Å². The fourth-order valence-corrected chi connectivity index (χ4v) is 0.227. The summed E-state index contributed by atoms with van der Waals surface area (Å²) in [5, 5.41) is 15.6. The van der Waals surface area contributed by atoms with Crippen LogP contribution in [0.15, 0.2) is 0 Å². The van der Waals surface area contributed by atoms with Gasteiger partial charge in [-0.3, -0.25) is 0 Å². The van der Waals surface area contributed by atoms with E-state index in [2.05, 4.69) is 6.92 Å². The molecule has 0 aromatic carbocycles. The summed E-state index contributed by atoms with van der Waals surface area (Å²) >= 11 is 0. The standard InChI is InChI=1S/C4H10O.C3H4F4O/c1-2-3-4-5;4-2(5)3(6,7)1-8/h5H,2-4H2,1H3;2,8H,1H2. The summed E-state index contributed by atoms with van der Waals surface area (Å²) in [6.45, 7) is 0.595. The van der Waals surface area contributed by atoms with Crippen LogP contribution in [0.1, 0.15) is 19.8 Å². The molecule has 0 saturated heterocycles. The van der Waals surface area contributed by atoms with Crippen molar-refractivity contribution in [3.63, 3.8) is 0 Å². The van der Waals surface area contributed by atoms with Gasteiger partial charge < -0.3 is 10.2 Å². The summed E-state index contributed by atoms with van der Waals surface area (Å²) in [6.07, 6.45) is -1.73. The third-order valence-electron chi connectivity index (χ3n) is 1.04. The Morgan fingerprint density at radius 1 is 1.23 bits per heavy atom. The molecule has 82 valence electrons. The van der Waals surface area contributed by atoms with Gasteiger partial charge in [-0.2, -0.15) is 8.78 Å². The van der Waals surface area contributed by atoms with Gasteiger partial charge in [0.2, 0.25) is 0 Å². The van der Waals surface area contributed by atoms with E-state index in [4.69, 9.17) is 10.2 Å². The molecule has 0 heterocycles. The Bertz CT molecular complexity index is 107. The molecule has 2 N–H and O–H groups in total. The summed E-state index contributed by atoms with van der Waals surface area (Å²) in [4.78, 5) is 0. The molecule has 0 bridgehead atoms. The van der Waals surface area contributed by atoms with Gasteiger partial charge in [-0.05, 0) is 6.42 Å². The lowest BCUT2D eigenvalue weighted by Gasteiger charge is -2.09. The number of unbranched alkanes of at least 4 members (excludes halogenated alkanes) is 1. The van der Waals surface area contributed by atoms with E-state index in [9.17, 15) is 17.6 Å². The van der Waals surface area contributed by atoms with E-state index in [0.717, 1.165) is 12.8 Å². The molecule has 2 nitrogen and oxygen atoms in total. The van der Waals surface area contributed by atoms with E-state index in [1.165, 1.54) is 0 Å². The van der Waals surface area contributed by atoms with E-state index in [-0.39, 0.29) is 0 Å². The summed E-state index contributed by atoms with van der Waals surface area (Å²) in [5.74, 6) is -4.24. The van der Waals surface area contributed by atoms with E-state index < -0.39 is 19.0 Å². The molecule has 0 atom stereocenters. The van der Waals surface area contributed by atoms with Crippen molar-refractivity contribution in [2.45, 2.75) is 32.1 Å². The van der Waals surface area contributed by atoms with Crippen LogP contribution in [0.2, 0.25) is 0 Å². The molecular formula is C7H14F4O2. The van der Waals surface area contributed by atoms with Crippen molar-refractivity contribution in [3.05, 3.63) is 0 Å². The zero-order chi connectivity index (χ0) is 10.9. The second-order valence-electron chi connectivity index (χ2n) is 2.30. The van der Waals surface area contributed by atoms with E-state index in [1.54, 1.807) is 0 Å². The Morgan fingerprint density at radius 3 is 1.69 bits per heavy atom. The van der Waals surface area contributed by atoms with Crippen LogP contribution in [0.25, 0.3) is 0 Å². The second-order valence-corrected chi connectivity index (χ2v) is 2.30. The number of aliphatic hydroxyl groups is 2. The lowest BCUT2D eigenvalue weighted by Crippen LogP contribution is -2.30. The maximum atomic E-state index is 11.3. The Hall–Kier alpha value is -0.360. The van der Waals surface area contributed by atoms with Gasteiger partial charge in [0.25, 0.3) is 0 Å². The molecule has 0 aliphatic carbocycles. The largest absolute Gasteiger partial charge is 0.396 e. The Balaban J connectivity index is 0. The molecule has 0 saturated carbocycles. The SMILES string of the molecule is CCCCO.OCC(F)(F)C(F)F. The second kappa shape index (κ2) is 8.25. The quantitative estimate of drug-likeness (QED) is 0.687. The zero-order valence-electron chi connectivity index (χ0n) is 7.31. The van der Waals surface area contributed by atoms with E-state index in [1.807, 2.05) is 0 Å². The highest BCUT2D eigenvalue weighted by Crippen LogP contribution is 2.20. The van der Waals surface area contributed by atoms with Gasteiger partial charge in [-0.1, -0.05) is 13.3 Å². The van der Waals surface area contributed by atoms with Gasteiger partial charge in [0.05, 0.1) is 0 Å². The van der Waals surface area contributed by atoms with Crippen molar-refractivity contribution in [1.29, 1.82) is 0 Å². The molecule has 0 aromatic heterocycles. The number of hydrogen-bond donors (Lipinski definition) is 2. The van der Waals surface area contributed by atoms with E-state index >= 15 is 0 Å². The van der Waals surface area contributed by atoms with Gasteiger partial charge >= 0.3 is 12.3 Å². The van der Waals surface area contributed by atoms with Crippen LogP contribution in [0.5, 0.6) is 0 Å². The van der Waals surface area contributed by atoms with Crippen molar-refractivity contribution >= 4 is 0 Å². The zero-order valence-corrected chi connectivity index (χ0v) is 7.31. The normalized spacial score (nSPS) is 11.1. The van der Waals surface area contributed by atoms with Crippen LogP contribution >= 0.6 is 0 Å². The van der Waals surface area contributed by atoms with Crippen molar-refractivity contribution in [1.82, 2.24) is 0 Å². The lowest BCUT2D eigenvalue weighted by molar-refractivity contribution is -0.153. The highest BCUT2D eigenvalue weighted by atomic mass is 19.3. The van der Waals surface area contributed by atoms with Gasteiger partial charge in [0, 0.05) is 6.61 Å². The summed E-state index contributed by atoms with van der Waals surface area (Å²) in [5.41, 5.74) is 0. The maximum Gasteiger partial charge on any atom is 0.329 e. The van der Waals surface area contributed by atoms with Crippen molar-refractivity contribution < 1.29 is 27.8 Å². The van der Waals surface area contributed by atoms with Crippen LogP contribution < -0.4 is 0 Å². The molecule has 6 heteroatoms. The minimum absolute atomic E-state index is 0.344. The molecular weight excluding hydrogens is 192 g/mol. The molecule has 0 spiro atoms. The first-order valence-electron chi connectivity index (χ1n) is 3.80. The highest BCUT2D eigenvalue weighted by Gasteiger charge is 2.39. The number of halogens is 4. The fourth-order valence-electron chi connectivity index (χ4n) is 0.227. The van der Waals surface area contributed by atoms with Crippen LogP contribution in [-0.4, -0.2) is 35.8 Å². The number of rotatable bonds is 4. The van der Waals surface area contributed by atoms with Crippen LogP contribution in [0.4, 0.5) is 17.6 Å². The molecule has 0 aromatic rings. The predicted octanol–water partition coefficient (Wildman–Crippen LogP) is 1.66. The molecule has 0 aliphatic heterocycles. The third-order valence-corrected chi connectivity index (χ3v) is 1.04. The minimum atomic E-state index is -4.24. The average Bonchev–Trinajstić information content (AvgIpc) is 2.07. The van der Waals surface area contributed by atoms with Crippen LogP contribution in [0, 0.1) is 0 Å². The Morgan fingerprint density at radius 2 is 1.69 bits per heavy atom. The molecule has 13 heavy (non-hydrogen) atoms. The summed E-state index contributed by atoms with van der Waals surface area (Å²) < 4.78 is 44.4. The van der Waals surface area contributed by atoms with Crippen molar-refractivity contribution in [2.24, 2.45) is 0 Å². The Kier molecular flexibility index (Phi) is 9.60. The predicted molar refractivity (Wildman–Crippen MR) is 40.0 cm³/mol. The van der Waals surface area contributed by atoms with Gasteiger partial charge in [-0.15, -0.1) is 0 Å². The first-order valence-corrected chi connectivity index (χ1v) is 3.80.